The molecule has 0 radical (unpaired) electrons. The predicted octanol–water partition coefficient (Wildman–Crippen LogP) is 2.76. The molecule has 1 fully saturated rings. The maximum atomic E-state index is 12.1. The molecule has 3 N–H and O–H groups in total. The topological polar surface area (TPSA) is 88.2 Å². The molecular formula is C15H23N3O3S. The van der Waals surface area contributed by atoms with Gasteiger partial charge in [-0.1, -0.05) is 11.2 Å². The molecule has 1 aliphatic heterocycles. The highest BCUT2D eigenvalue weighted by Gasteiger charge is 2.42. The lowest BCUT2D eigenvalue weighted by Gasteiger charge is -2.40. The first-order valence-corrected chi connectivity index (χ1v) is 8.16. The van der Waals surface area contributed by atoms with Crippen molar-refractivity contribution in [2.75, 3.05) is 13.1 Å². The zero-order chi connectivity index (χ0) is 16.4. The average molecular weight is 325 g/mol. The van der Waals surface area contributed by atoms with Crippen LogP contribution in [0.5, 0.6) is 0 Å². The van der Waals surface area contributed by atoms with Gasteiger partial charge in [-0.2, -0.15) is 0 Å². The highest BCUT2D eigenvalue weighted by atomic mass is 32.1. The maximum absolute atomic E-state index is 12.1. The summed E-state index contributed by atoms with van der Waals surface area (Å²) in [6.45, 7) is 6.58. The summed E-state index contributed by atoms with van der Waals surface area (Å²) in [6.07, 6.45) is 0.914. The molecule has 0 unspecified atom stereocenters. The summed E-state index contributed by atoms with van der Waals surface area (Å²) < 4.78 is 5.40. The van der Waals surface area contributed by atoms with Crippen LogP contribution in [0, 0.1) is 0 Å². The van der Waals surface area contributed by atoms with Crippen LogP contribution in [0.2, 0.25) is 0 Å². The second-order valence-corrected chi connectivity index (χ2v) is 7.46. The average Bonchev–Trinajstić information content (AvgIpc) is 2.99. The summed E-state index contributed by atoms with van der Waals surface area (Å²) in [7, 11) is 0. The smallest absolute Gasteiger partial charge is 0.410 e. The Morgan fingerprint density at radius 2 is 2.09 bits per heavy atom. The Balaban J connectivity index is 2.13. The van der Waals surface area contributed by atoms with Gasteiger partial charge in [0, 0.05) is 18.0 Å². The van der Waals surface area contributed by atoms with E-state index in [1.54, 1.807) is 16.2 Å². The molecule has 0 spiro atoms. The third-order valence-electron chi connectivity index (χ3n) is 3.86. The molecule has 2 rings (SSSR count). The molecule has 22 heavy (non-hydrogen) atoms. The van der Waals surface area contributed by atoms with Crippen LogP contribution in [-0.2, 0) is 10.2 Å². The minimum Gasteiger partial charge on any atom is -0.444 e. The second kappa shape index (κ2) is 6.16. The van der Waals surface area contributed by atoms with E-state index in [0.717, 1.165) is 4.88 Å². The summed E-state index contributed by atoms with van der Waals surface area (Å²) in [6, 6.07) is 3.94. The Labute approximate surface area is 134 Å². The number of carbonyl (C=O) groups is 1. The number of thiophene rings is 1. The monoisotopic (exact) mass is 325 g/mol. The number of amidine groups is 1. The number of oxime groups is 1. The zero-order valence-electron chi connectivity index (χ0n) is 13.2. The summed E-state index contributed by atoms with van der Waals surface area (Å²) in [5, 5.41) is 14.4. The first kappa shape index (κ1) is 16.6. The molecular weight excluding hydrogens is 302 g/mol. The van der Waals surface area contributed by atoms with Crippen molar-refractivity contribution < 1.29 is 14.7 Å². The molecule has 0 aliphatic carbocycles. The number of hydrogen-bond acceptors (Lipinski definition) is 5. The SMILES string of the molecule is CC(C)(C)OC(=O)N1CCC(/C(N)=N/O)(c2cccs2)CC1. The number of piperidine rings is 1. The lowest BCUT2D eigenvalue weighted by molar-refractivity contribution is 0.0189. The largest absolute Gasteiger partial charge is 0.444 e. The third kappa shape index (κ3) is 3.35. The van der Waals surface area contributed by atoms with Crippen molar-refractivity contribution in [1.82, 2.24) is 4.90 Å². The van der Waals surface area contributed by atoms with Crippen LogP contribution in [0.4, 0.5) is 4.79 Å². The van der Waals surface area contributed by atoms with E-state index in [1.807, 2.05) is 38.3 Å². The Kier molecular flexibility index (Phi) is 4.65. The highest BCUT2D eigenvalue weighted by Crippen LogP contribution is 2.38. The van der Waals surface area contributed by atoms with Gasteiger partial charge in [0.1, 0.15) is 5.60 Å². The minimum absolute atomic E-state index is 0.207. The van der Waals surface area contributed by atoms with Crippen molar-refractivity contribution in [1.29, 1.82) is 0 Å². The number of nitrogens with zero attached hydrogens (tertiary/aromatic N) is 2. The molecule has 122 valence electrons. The molecule has 1 saturated heterocycles. The molecule has 0 saturated carbocycles. The first-order chi connectivity index (χ1) is 10.3. The summed E-state index contributed by atoms with van der Waals surface area (Å²) in [5.74, 6) is 0.207. The number of nitrogens with two attached hydrogens (primary N) is 1. The molecule has 2 heterocycles. The van der Waals surface area contributed by atoms with E-state index in [9.17, 15) is 4.79 Å². The Hall–Kier alpha value is -1.76. The van der Waals surface area contributed by atoms with E-state index >= 15 is 0 Å². The molecule has 0 aromatic carbocycles. The van der Waals surface area contributed by atoms with E-state index in [-0.39, 0.29) is 11.9 Å². The standard InChI is InChI=1S/C15H23N3O3S/c1-14(2,3)21-13(19)18-8-6-15(7-9-18,12(16)17-20)11-5-4-10-22-11/h4-5,10,20H,6-9H2,1-3H3,(H2,16,17). The fraction of sp³-hybridized carbons (Fsp3) is 0.600. The van der Waals surface area contributed by atoms with Gasteiger partial charge >= 0.3 is 6.09 Å². The summed E-state index contributed by atoms with van der Waals surface area (Å²) in [4.78, 5) is 14.9. The van der Waals surface area contributed by atoms with Gasteiger partial charge in [0.2, 0.25) is 0 Å². The van der Waals surface area contributed by atoms with Gasteiger partial charge in [-0.15, -0.1) is 11.3 Å². The summed E-state index contributed by atoms with van der Waals surface area (Å²) in [5.41, 5.74) is 4.96. The number of amides is 1. The fourth-order valence-corrected chi connectivity index (χ4v) is 3.67. The van der Waals surface area contributed by atoms with Crippen LogP contribution < -0.4 is 5.73 Å². The fourth-order valence-electron chi connectivity index (χ4n) is 2.67. The van der Waals surface area contributed by atoms with Crippen molar-refractivity contribution >= 4 is 23.3 Å². The van der Waals surface area contributed by atoms with Crippen LogP contribution in [0.3, 0.4) is 0 Å². The third-order valence-corrected chi connectivity index (χ3v) is 4.93. The number of hydrogen-bond donors (Lipinski definition) is 2. The van der Waals surface area contributed by atoms with Crippen LogP contribution in [0.1, 0.15) is 38.5 Å². The van der Waals surface area contributed by atoms with E-state index < -0.39 is 11.0 Å². The van der Waals surface area contributed by atoms with Gasteiger partial charge in [-0.25, -0.2) is 4.79 Å². The van der Waals surface area contributed by atoms with Crippen molar-refractivity contribution in [3.05, 3.63) is 22.4 Å². The lowest BCUT2D eigenvalue weighted by atomic mass is 9.76. The van der Waals surface area contributed by atoms with E-state index in [1.165, 1.54) is 0 Å². The number of ether oxygens (including phenoxy) is 1. The van der Waals surface area contributed by atoms with Crippen molar-refractivity contribution in [2.24, 2.45) is 10.9 Å². The highest BCUT2D eigenvalue weighted by molar-refractivity contribution is 7.10. The quantitative estimate of drug-likeness (QED) is 0.379. The van der Waals surface area contributed by atoms with Gasteiger partial charge in [0.25, 0.3) is 0 Å². The number of carbonyl (C=O) groups excluding carboxylic acids is 1. The van der Waals surface area contributed by atoms with E-state index in [0.29, 0.717) is 25.9 Å². The molecule has 7 heteroatoms. The number of likely N-dealkylation sites (tertiary alicyclic amines) is 1. The Bertz CT molecular complexity index is 541. The molecule has 0 bridgehead atoms. The molecule has 1 aliphatic rings. The van der Waals surface area contributed by atoms with Gasteiger partial charge in [-0.3, -0.25) is 0 Å². The van der Waals surface area contributed by atoms with Gasteiger partial charge < -0.3 is 20.6 Å². The molecule has 1 aromatic heterocycles. The molecule has 1 amide bonds. The van der Waals surface area contributed by atoms with Crippen LogP contribution in [0.25, 0.3) is 0 Å². The van der Waals surface area contributed by atoms with Crippen molar-refractivity contribution in [3.63, 3.8) is 0 Å². The number of rotatable bonds is 2. The van der Waals surface area contributed by atoms with Gasteiger partial charge in [-0.05, 0) is 45.1 Å². The molecule has 0 atom stereocenters. The predicted molar refractivity (Wildman–Crippen MR) is 86.4 cm³/mol. The summed E-state index contributed by atoms with van der Waals surface area (Å²) >= 11 is 1.58. The van der Waals surface area contributed by atoms with E-state index in [2.05, 4.69) is 5.16 Å². The Morgan fingerprint density at radius 1 is 1.45 bits per heavy atom. The molecule has 6 nitrogen and oxygen atoms in total. The van der Waals surface area contributed by atoms with Crippen LogP contribution in [0.15, 0.2) is 22.7 Å². The van der Waals surface area contributed by atoms with Crippen molar-refractivity contribution in [2.45, 2.75) is 44.6 Å². The lowest BCUT2D eigenvalue weighted by Crippen LogP contribution is -2.52. The van der Waals surface area contributed by atoms with E-state index in [4.69, 9.17) is 15.7 Å². The minimum atomic E-state index is -0.509. The molecule has 1 aromatic rings. The van der Waals surface area contributed by atoms with Crippen molar-refractivity contribution in [3.8, 4) is 0 Å². The Morgan fingerprint density at radius 3 is 2.55 bits per heavy atom. The van der Waals surface area contributed by atoms with Gasteiger partial charge in [0.15, 0.2) is 5.84 Å². The maximum Gasteiger partial charge on any atom is 0.410 e. The zero-order valence-corrected chi connectivity index (χ0v) is 14.0. The van der Waals surface area contributed by atoms with Gasteiger partial charge in [0.05, 0.1) is 5.41 Å². The normalized spacial score (nSPS) is 19.0. The van der Waals surface area contributed by atoms with Crippen LogP contribution in [-0.4, -0.2) is 40.7 Å². The van der Waals surface area contributed by atoms with Crippen LogP contribution >= 0.6 is 11.3 Å². The second-order valence-electron chi connectivity index (χ2n) is 6.51. The first-order valence-electron chi connectivity index (χ1n) is 7.28.